The Morgan fingerprint density at radius 2 is 1.34 bits per heavy atom. The molecule has 2 aliphatic rings. The van der Waals surface area contributed by atoms with Gasteiger partial charge in [-0.2, -0.15) is 13.2 Å². The number of likely N-dealkylation sites (N-methyl/N-ethyl adjacent to an activating group) is 2. The van der Waals surface area contributed by atoms with Crippen molar-refractivity contribution in [1.82, 2.24) is 39.5 Å². The van der Waals surface area contributed by atoms with Crippen LogP contribution in [0.2, 0.25) is 0 Å². The Bertz CT molecular complexity index is 2250. The molecule has 4 atom stereocenters. The molecule has 5 aromatic rings. The molecule has 0 spiro atoms. The van der Waals surface area contributed by atoms with Gasteiger partial charge in [-0.1, -0.05) is 92.7 Å². The highest BCUT2D eigenvalue weighted by molar-refractivity contribution is 5.86. The number of amides is 3. The monoisotopic (exact) mass is 810 g/mol. The highest BCUT2D eigenvalue weighted by atomic mass is 19.4. The van der Waals surface area contributed by atoms with Gasteiger partial charge in [0, 0.05) is 25.7 Å². The van der Waals surface area contributed by atoms with Gasteiger partial charge in [-0.15, -0.1) is 0 Å². The standard InChI is InChI=1S/C44H49F3N8O4/c1-5-53(6-2)37(32-12-8-7-9-13-32)42(57)55-25-10-14-34(55)39-48-26-33(49-39)30-20-16-28(17-21-30)29-18-22-31(23-19-29)36-38(44(45,46)47)51-40(50-36)35-15-11-24-54(35)41(56)27(3)52(4)43(58)59/h7-9,12-13,16-23,26-27,34-35,37H,5-6,10-11,14-15,24-25H2,1-4H3,(H,48,49)(H,50,51)(H,58,59)/t27-,34?,35-,37?/m0/s1. The fourth-order valence-corrected chi connectivity index (χ4v) is 8.38. The van der Waals surface area contributed by atoms with E-state index in [0.29, 0.717) is 19.4 Å². The van der Waals surface area contributed by atoms with Gasteiger partial charge in [-0.25, -0.2) is 14.8 Å². The molecule has 0 radical (unpaired) electrons. The Morgan fingerprint density at radius 3 is 1.90 bits per heavy atom. The number of imidazole rings is 2. The van der Waals surface area contributed by atoms with E-state index in [2.05, 4.69) is 33.7 Å². The largest absolute Gasteiger partial charge is 0.465 e. The van der Waals surface area contributed by atoms with Crippen molar-refractivity contribution in [1.29, 1.82) is 0 Å². The molecule has 2 saturated heterocycles. The zero-order valence-electron chi connectivity index (χ0n) is 33.5. The first-order valence-corrected chi connectivity index (χ1v) is 20.1. The minimum atomic E-state index is -4.77. The average Bonchev–Trinajstić information content (AvgIpc) is 4.08. The van der Waals surface area contributed by atoms with Crippen LogP contribution in [-0.4, -0.2) is 102 Å². The second-order valence-electron chi connectivity index (χ2n) is 15.2. The third kappa shape index (κ3) is 8.33. The Hall–Kier alpha value is -5.96. The van der Waals surface area contributed by atoms with Crippen LogP contribution in [0.3, 0.4) is 0 Å². The van der Waals surface area contributed by atoms with E-state index < -0.39 is 36.0 Å². The Kier molecular flexibility index (Phi) is 11.9. The molecule has 0 aliphatic carbocycles. The fourth-order valence-electron chi connectivity index (χ4n) is 8.38. The van der Waals surface area contributed by atoms with Gasteiger partial charge in [-0.05, 0) is 68.0 Å². The van der Waals surface area contributed by atoms with E-state index >= 15 is 0 Å². The van der Waals surface area contributed by atoms with Crippen molar-refractivity contribution < 1.29 is 32.7 Å². The lowest BCUT2D eigenvalue weighted by Gasteiger charge is -2.34. The van der Waals surface area contributed by atoms with Gasteiger partial charge in [0.2, 0.25) is 11.8 Å². The number of aromatic nitrogens is 4. The lowest BCUT2D eigenvalue weighted by molar-refractivity contribution is -0.140. The molecule has 2 fully saturated rings. The normalized spacial score (nSPS) is 18.0. The summed E-state index contributed by atoms with van der Waals surface area (Å²) in [7, 11) is 1.28. The summed E-state index contributed by atoms with van der Waals surface area (Å²) in [5.41, 5.74) is 3.33. The predicted molar refractivity (Wildman–Crippen MR) is 217 cm³/mol. The van der Waals surface area contributed by atoms with Gasteiger partial charge in [0.1, 0.15) is 23.7 Å². The zero-order chi connectivity index (χ0) is 42.0. The second-order valence-corrected chi connectivity index (χ2v) is 15.2. The summed E-state index contributed by atoms with van der Waals surface area (Å²) in [5, 5.41) is 9.35. The molecule has 12 nitrogen and oxygen atoms in total. The van der Waals surface area contributed by atoms with E-state index in [1.54, 1.807) is 30.5 Å². The Balaban J connectivity index is 1.07. The molecule has 7 rings (SSSR count). The van der Waals surface area contributed by atoms with Crippen LogP contribution >= 0.6 is 0 Å². The number of nitrogens with zero attached hydrogens (tertiary/aromatic N) is 6. The van der Waals surface area contributed by atoms with E-state index in [4.69, 9.17) is 4.98 Å². The van der Waals surface area contributed by atoms with Crippen molar-refractivity contribution in [2.24, 2.45) is 0 Å². The Morgan fingerprint density at radius 1 is 0.797 bits per heavy atom. The van der Waals surface area contributed by atoms with Crippen LogP contribution in [-0.2, 0) is 15.8 Å². The first-order chi connectivity index (χ1) is 28.3. The van der Waals surface area contributed by atoms with Crippen molar-refractivity contribution >= 4 is 17.9 Å². The highest BCUT2D eigenvalue weighted by Gasteiger charge is 2.42. The first kappa shape index (κ1) is 41.2. The van der Waals surface area contributed by atoms with Crippen LogP contribution in [0.1, 0.15) is 87.5 Å². The summed E-state index contributed by atoms with van der Waals surface area (Å²) < 4.78 is 43.1. The molecule has 2 unspecified atom stereocenters. The summed E-state index contributed by atoms with van der Waals surface area (Å²) >= 11 is 0. The van der Waals surface area contributed by atoms with Gasteiger partial charge >= 0.3 is 12.3 Å². The quantitative estimate of drug-likeness (QED) is 0.115. The molecular formula is C44H49F3N8O4. The SMILES string of the molecule is CCN(CC)C(C(=O)N1CCCC1c1ncc(-c2ccc(-c3ccc(-c4[nH]c([C@@H]5CCCN5C(=O)[C@H](C)N(C)C(=O)O)nc4C(F)(F)F)cc3)cc2)[nH]1)c1ccccc1. The van der Waals surface area contributed by atoms with Crippen LogP contribution in [0.5, 0.6) is 0 Å². The van der Waals surface area contributed by atoms with Crippen molar-refractivity contribution in [2.75, 3.05) is 33.2 Å². The molecule has 59 heavy (non-hydrogen) atoms. The van der Waals surface area contributed by atoms with Crippen molar-refractivity contribution in [3.05, 3.63) is 108 Å². The summed E-state index contributed by atoms with van der Waals surface area (Å²) in [6, 6.07) is 22.1. The third-order valence-electron chi connectivity index (χ3n) is 11.8. The van der Waals surface area contributed by atoms with Crippen LogP contribution in [0, 0.1) is 0 Å². The molecule has 0 saturated carbocycles. The lowest BCUT2D eigenvalue weighted by atomic mass is 10.0. The maximum atomic E-state index is 14.4. The fraction of sp³-hybridized carbons (Fsp3) is 0.386. The number of carboxylic acid groups (broad SMARTS) is 1. The number of carbonyl (C=O) groups excluding carboxylic acids is 2. The number of aromatic amines is 2. The maximum absolute atomic E-state index is 14.4. The Labute approximate surface area is 341 Å². The van der Waals surface area contributed by atoms with Crippen molar-refractivity contribution in [3.8, 4) is 33.6 Å². The zero-order valence-corrected chi connectivity index (χ0v) is 33.5. The van der Waals surface area contributed by atoms with Crippen molar-refractivity contribution in [2.45, 2.75) is 76.8 Å². The van der Waals surface area contributed by atoms with Gasteiger partial charge < -0.3 is 24.9 Å². The van der Waals surface area contributed by atoms with E-state index in [0.717, 1.165) is 64.6 Å². The van der Waals surface area contributed by atoms with E-state index in [9.17, 15) is 32.7 Å². The molecule has 2 aliphatic heterocycles. The second kappa shape index (κ2) is 17.1. The minimum Gasteiger partial charge on any atom is -0.465 e. The molecule has 3 amide bonds. The number of carbonyl (C=O) groups is 3. The van der Waals surface area contributed by atoms with Gasteiger partial charge in [0.25, 0.3) is 0 Å². The first-order valence-electron chi connectivity index (χ1n) is 20.1. The average molecular weight is 811 g/mol. The van der Waals surface area contributed by atoms with Crippen LogP contribution in [0.15, 0.2) is 85.1 Å². The predicted octanol–water partition coefficient (Wildman–Crippen LogP) is 8.56. The summed E-state index contributed by atoms with van der Waals surface area (Å²) in [5.74, 6) is 0.323. The number of halogens is 3. The smallest absolute Gasteiger partial charge is 0.435 e. The number of H-pyrrole nitrogens is 2. The van der Waals surface area contributed by atoms with E-state index in [-0.39, 0.29) is 41.6 Å². The van der Waals surface area contributed by atoms with Crippen LogP contribution < -0.4 is 0 Å². The topological polar surface area (TPSA) is 142 Å². The molecular weight excluding hydrogens is 762 g/mol. The molecule has 3 N–H and O–H groups in total. The minimum absolute atomic E-state index is 0.00762. The highest BCUT2D eigenvalue weighted by Crippen LogP contribution is 2.40. The van der Waals surface area contributed by atoms with E-state index in [1.807, 2.05) is 59.5 Å². The third-order valence-corrected chi connectivity index (χ3v) is 11.8. The number of alkyl halides is 3. The lowest BCUT2D eigenvalue weighted by Crippen LogP contribution is -2.47. The summed E-state index contributed by atoms with van der Waals surface area (Å²) in [4.78, 5) is 60.4. The summed E-state index contributed by atoms with van der Waals surface area (Å²) in [6.45, 7) is 8.03. The summed E-state index contributed by atoms with van der Waals surface area (Å²) in [6.07, 6.45) is -1.65. The maximum Gasteiger partial charge on any atom is 0.435 e. The molecule has 3 aromatic carbocycles. The van der Waals surface area contributed by atoms with Crippen molar-refractivity contribution in [3.63, 3.8) is 0 Å². The van der Waals surface area contributed by atoms with Gasteiger partial charge in [0.15, 0.2) is 5.69 Å². The number of hydrogen-bond donors (Lipinski definition) is 3. The molecule has 310 valence electrons. The van der Waals surface area contributed by atoms with Gasteiger partial charge in [0.05, 0.1) is 29.7 Å². The van der Waals surface area contributed by atoms with Crippen LogP contribution in [0.4, 0.5) is 18.0 Å². The number of nitrogens with one attached hydrogen (secondary N) is 2. The molecule has 0 bridgehead atoms. The van der Waals surface area contributed by atoms with E-state index in [1.165, 1.54) is 18.9 Å². The number of hydrogen-bond acceptors (Lipinski definition) is 6. The molecule has 15 heteroatoms. The molecule has 4 heterocycles. The molecule has 2 aromatic heterocycles. The van der Waals surface area contributed by atoms with Crippen LogP contribution in [0.25, 0.3) is 33.6 Å². The van der Waals surface area contributed by atoms with Gasteiger partial charge in [-0.3, -0.25) is 19.4 Å². The number of rotatable bonds is 12. The number of benzene rings is 3. The number of likely N-dealkylation sites (tertiary alicyclic amines) is 2.